The van der Waals surface area contributed by atoms with Crippen molar-refractivity contribution in [2.24, 2.45) is 0 Å². The molecule has 2 rings (SSSR count). The molecule has 0 aliphatic carbocycles. The van der Waals surface area contributed by atoms with Crippen molar-refractivity contribution in [1.82, 2.24) is 4.90 Å². The van der Waals surface area contributed by atoms with Crippen LogP contribution in [0.5, 0.6) is 5.75 Å². The molecule has 1 fully saturated rings. The minimum Gasteiger partial charge on any atom is -0.491 e. The standard InChI is InChI=1S/C16H25NO3S/c1-3-10-17-11-4-9-16(18,12-17)13-20-14-5-7-15(8-6-14)21(2)19/h5-8,18H,3-4,9-13H2,1-2H3. The number of ether oxygens (including phenoxy) is 1. The van der Waals surface area contributed by atoms with Crippen molar-refractivity contribution >= 4 is 10.8 Å². The maximum atomic E-state index is 11.3. The highest BCUT2D eigenvalue weighted by Crippen LogP contribution is 2.23. The van der Waals surface area contributed by atoms with Crippen LogP contribution in [0.15, 0.2) is 29.2 Å². The third-order valence-corrected chi connectivity index (χ3v) is 4.77. The molecule has 0 spiro atoms. The minimum absolute atomic E-state index is 0.307. The highest BCUT2D eigenvalue weighted by atomic mass is 32.2. The number of likely N-dealkylation sites (tertiary alicyclic amines) is 1. The van der Waals surface area contributed by atoms with E-state index in [9.17, 15) is 9.32 Å². The summed E-state index contributed by atoms with van der Waals surface area (Å²) in [7, 11) is -0.973. The molecule has 118 valence electrons. The quantitative estimate of drug-likeness (QED) is 0.873. The molecule has 1 aliphatic rings. The van der Waals surface area contributed by atoms with Crippen LogP contribution in [0.25, 0.3) is 0 Å². The molecule has 0 aromatic heterocycles. The van der Waals surface area contributed by atoms with Crippen LogP contribution in [-0.2, 0) is 10.8 Å². The van der Waals surface area contributed by atoms with Gasteiger partial charge in [-0.15, -0.1) is 0 Å². The average molecular weight is 311 g/mol. The van der Waals surface area contributed by atoms with Crippen molar-refractivity contribution in [3.8, 4) is 5.75 Å². The zero-order valence-corrected chi connectivity index (χ0v) is 13.7. The van der Waals surface area contributed by atoms with Crippen molar-refractivity contribution in [2.45, 2.75) is 36.7 Å². The second-order valence-corrected chi connectivity index (χ2v) is 7.20. The molecule has 2 atom stereocenters. The van der Waals surface area contributed by atoms with Gasteiger partial charge in [0.1, 0.15) is 18.0 Å². The number of aliphatic hydroxyl groups is 1. The zero-order valence-electron chi connectivity index (χ0n) is 12.9. The maximum absolute atomic E-state index is 11.3. The minimum atomic E-state index is -0.973. The van der Waals surface area contributed by atoms with E-state index in [1.807, 2.05) is 12.1 Å². The highest BCUT2D eigenvalue weighted by Gasteiger charge is 2.33. The van der Waals surface area contributed by atoms with Crippen LogP contribution in [0.2, 0.25) is 0 Å². The van der Waals surface area contributed by atoms with Crippen LogP contribution in [0.3, 0.4) is 0 Å². The summed E-state index contributed by atoms with van der Waals surface area (Å²) in [5.41, 5.74) is -0.764. The Bertz CT molecular complexity index is 475. The maximum Gasteiger partial charge on any atom is 0.119 e. The Balaban J connectivity index is 1.90. The Hall–Kier alpha value is -0.910. The van der Waals surface area contributed by atoms with Crippen LogP contribution < -0.4 is 4.74 Å². The Morgan fingerprint density at radius 2 is 2.10 bits per heavy atom. The van der Waals surface area contributed by atoms with Crippen LogP contribution in [0.4, 0.5) is 0 Å². The van der Waals surface area contributed by atoms with Crippen molar-refractivity contribution in [3.05, 3.63) is 24.3 Å². The van der Waals surface area contributed by atoms with Gasteiger partial charge in [-0.25, -0.2) is 0 Å². The predicted octanol–water partition coefficient (Wildman–Crippen LogP) is 2.04. The number of β-amino-alcohol motifs (C(OH)–C–C–N with tert-alkyl or cyclic N) is 1. The van der Waals surface area contributed by atoms with Gasteiger partial charge in [0.05, 0.1) is 0 Å². The van der Waals surface area contributed by atoms with Gasteiger partial charge in [-0.1, -0.05) is 6.92 Å². The number of nitrogens with zero attached hydrogens (tertiary/aromatic N) is 1. The largest absolute Gasteiger partial charge is 0.491 e. The van der Waals surface area contributed by atoms with Gasteiger partial charge in [0.15, 0.2) is 0 Å². The smallest absolute Gasteiger partial charge is 0.119 e. The zero-order chi connectivity index (χ0) is 15.3. The number of piperidine rings is 1. The summed E-state index contributed by atoms with van der Waals surface area (Å²) in [4.78, 5) is 3.09. The summed E-state index contributed by atoms with van der Waals surface area (Å²) in [6, 6.07) is 7.24. The lowest BCUT2D eigenvalue weighted by atomic mass is 9.93. The molecule has 1 N–H and O–H groups in total. The first-order valence-electron chi connectivity index (χ1n) is 7.53. The van der Waals surface area contributed by atoms with Crippen LogP contribution in [0, 0.1) is 0 Å². The molecule has 0 bridgehead atoms. The van der Waals surface area contributed by atoms with Crippen molar-refractivity contribution in [2.75, 3.05) is 32.5 Å². The van der Waals surface area contributed by atoms with Gasteiger partial charge in [-0.3, -0.25) is 4.21 Å². The molecule has 0 radical (unpaired) electrons. The first-order valence-corrected chi connectivity index (χ1v) is 9.09. The van der Waals surface area contributed by atoms with Crippen LogP contribution in [-0.4, -0.2) is 52.3 Å². The fraction of sp³-hybridized carbons (Fsp3) is 0.625. The molecule has 2 unspecified atom stereocenters. The lowest BCUT2D eigenvalue weighted by Crippen LogP contribution is -2.51. The fourth-order valence-electron chi connectivity index (χ4n) is 2.78. The second-order valence-electron chi connectivity index (χ2n) is 5.82. The summed E-state index contributed by atoms with van der Waals surface area (Å²) in [6.45, 7) is 5.23. The molecule has 21 heavy (non-hydrogen) atoms. The lowest BCUT2D eigenvalue weighted by molar-refractivity contribution is -0.0599. The number of benzene rings is 1. The van der Waals surface area contributed by atoms with E-state index in [1.54, 1.807) is 18.4 Å². The average Bonchev–Trinajstić information content (AvgIpc) is 2.46. The molecule has 1 heterocycles. The Labute approximate surface area is 129 Å². The highest BCUT2D eigenvalue weighted by molar-refractivity contribution is 7.84. The van der Waals surface area contributed by atoms with E-state index in [2.05, 4.69) is 11.8 Å². The fourth-order valence-corrected chi connectivity index (χ4v) is 3.30. The summed E-state index contributed by atoms with van der Waals surface area (Å²) in [5.74, 6) is 0.713. The van der Waals surface area contributed by atoms with E-state index in [-0.39, 0.29) is 0 Å². The molecule has 5 heteroatoms. The normalized spacial score (nSPS) is 24.7. The monoisotopic (exact) mass is 311 g/mol. The topological polar surface area (TPSA) is 49.8 Å². The SMILES string of the molecule is CCCN1CCCC(O)(COc2ccc(S(C)=O)cc2)C1. The van der Waals surface area contributed by atoms with Gasteiger partial charge in [-0.2, -0.15) is 0 Å². The van der Waals surface area contributed by atoms with Crippen LogP contribution >= 0.6 is 0 Å². The van der Waals surface area contributed by atoms with E-state index < -0.39 is 16.4 Å². The molecule has 1 saturated heterocycles. The first kappa shape index (κ1) is 16.5. The molecule has 1 aromatic rings. The van der Waals surface area contributed by atoms with Crippen molar-refractivity contribution in [1.29, 1.82) is 0 Å². The summed E-state index contributed by atoms with van der Waals surface area (Å²) in [6.07, 6.45) is 4.55. The predicted molar refractivity (Wildman–Crippen MR) is 85.2 cm³/mol. The second kappa shape index (κ2) is 7.38. The van der Waals surface area contributed by atoms with Crippen molar-refractivity contribution in [3.63, 3.8) is 0 Å². The molecule has 1 aromatic carbocycles. The van der Waals surface area contributed by atoms with Gasteiger partial charge in [0.25, 0.3) is 0 Å². The number of hydrogen-bond donors (Lipinski definition) is 1. The van der Waals surface area contributed by atoms with Gasteiger partial charge in [0.2, 0.25) is 0 Å². The molecule has 0 amide bonds. The Kier molecular flexibility index (Phi) is 5.79. The molecule has 4 nitrogen and oxygen atoms in total. The molecular weight excluding hydrogens is 286 g/mol. The lowest BCUT2D eigenvalue weighted by Gasteiger charge is -2.38. The van der Waals surface area contributed by atoms with E-state index in [0.29, 0.717) is 18.9 Å². The number of hydrogen-bond acceptors (Lipinski definition) is 4. The Morgan fingerprint density at radius 1 is 1.38 bits per heavy atom. The summed E-state index contributed by atoms with van der Waals surface area (Å²) < 4.78 is 17.1. The molecular formula is C16H25NO3S. The van der Waals surface area contributed by atoms with Crippen LogP contribution in [0.1, 0.15) is 26.2 Å². The van der Waals surface area contributed by atoms with Gasteiger partial charge < -0.3 is 14.7 Å². The van der Waals surface area contributed by atoms with Gasteiger partial charge in [0, 0.05) is 28.5 Å². The molecule has 1 aliphatic heterocycles. The van der Waals surface area contributed by atoms with Crippen molar-refractivity contribution < 1.29 is 14.1 Å². The van der Waals surface area contributed by atoms with E-state index in [4.69, 9.17) is 4.74 Å². The third-order valence-electron chi connectivity index (χ3n) is 3.84. The number of rotatable bonds is 6. The molecule has 0 saturated carbocycles. The summed E-state index contributed by atoms with van der Waals surface area (Å²) >= 11 is 0. The van der Waals surface area contributed by atoms with Gasteiger partial charge >= 0.3 is 0 Å². The van der Waals surface area contributed by atoms with E-state index >= 15 is 0 Å². The summed E-state index contributed by atoms with van der Waals surface area (Å²) in [5, 5.41) is 10.7. The van der Waals surface area contributed by atoms with Gasteiger partial charge in [-0.05, 0) is 56.6 Å². The third kappa shape index (κ3) is 4.80. The Morgan fingerprint density at radius 3 is 2.71 bits per heavy atom. The first-order chi connectivity index (χ1) is 10.0. The van der Waals surface area contributed by atoms with E-state index in [1.165, 1.54) is 0 Å². The van der Waals surface area contributed by atoms with E-state index in [0.717, 1.165) is 37.2 Å².